The van der Waals surface area contributed by atoms with Gasteiger partial charge in [-0.3, -0.25) is 4.79 Å². The summed E-state index contributed by atoms with van der Waals surface area (Å²) < 4.78 is 0. The quantitative estimate of drug-likeness (QED) is 0.610. The molecule has 0 bridgehead atoms. The molecular formula is C22H31N3O. The topological polar surface area (TPSA) is 44.4 Å². The van der Waals surface area contributed by atoms with Gasteiger partial charge in [0, 0.05) is 24.9 Å². The van der Waals surface area contributed by atoms with Crippen LogP contribution >= 0.6 is 0 Å². The predicted molar refractivity (Wildman–Crippen MR) is 112 cm³/mol. The van der Waals surface area contributed by atoms with Gasteiger partial charge >= 0.3 is 0 Å². The number of rotatable bonds is 10. The minimum atomic E-state index is 0.00318. The lowest BCUT2D eigenvalue weighted by molar-refractivity contribution is -0.116. The molecule has 1 amide bonds. The largest absolute Gasteiger partial charge is 0.368 e. The van der Waals surface area contributed by atoms with E-state index >= 15 is 0 Å². The third kappa shape index (κ3) is 8.49. The molecule has 0 fully saturated rings. The molecule has 0 aliphatic heterocycles. The molecule has 1 aromatic rings. The fourth-order valence-electron chi connectivity index (χ4n) is 2.49. The Morgan fingerprint density at radius 3 is 2.77 bits per heavy atom. The average molecular weight is 354 g/mol. The first-order valence-corrected chi connectivity index (χ1v) is 8.86. The van der Waals surface area contributed by atoms with Crippen LogP contribution in [0.15, 0.2) is 73.1 Å². The average Bonchev–Trinajstić information content (AvgIpc) is 2.57. The molecule has 0 saturated carbocycles. The SMILES string of the molecule is C=C/C=C/C(=C\N/C=C/C)C(C)CC(=O)Nc1cccc(CN(C)C)c1. The maximum absolute atomic E-state index is 12.4. The molecule has 0 heterocycles. The monoisotopic (exact) mass is 353 g/mol. The van der Waals surface area contributed by atoms with Crippen LogP contribution in [0.3, 0.4) is 0 Å². The van der Waals surface area contributed by atoms with Gasteiger partial charge in [0.15, 0.2) is 0 Å². The summed E-state index contributed by atoms with van der Waals surface area (Å²) in [4.78, 5) is 14.5. The highest BCUT2D eigenvalue weighted by Crippen LogP contribution is 2.18. The number of hydrogen-bond acceptors (Lipinski definition) is 3. The second-order valence-electron chi connectivity index (χ2n) is 6.50. The molecule has 1 rings (SSSR count). The molecule has 26 heavy (non-hydrogen) atoms. The van der Waals surface area contributed by atoms with Crippen LogP contribution in [0, 0.1) is 5.92 Å². The molecule has 0 radical (unpaired) electrons. The molecule has 0 saturated heterocycles. The highest BCUT2D eigenvalue weighted by atomic mass is 16.1. The van der Waals surface area contributed by atoms with Crippen molar-refractivity contribution in [2.75, 3.05) is 19.4 Å². The standard InChI is InChI=1S/C22H31N3O/c1-6-8-11-20(16-23-13-7-2)18(3)14-22(26)24-21-12-9-10-19(15-21)17-25(4)5/h6-13,15-16,18,23H,1,14,17H2,2-5H3,(H,24,26)/b11-8+,13-7+,20-16+. The lowest BCUT2D eigenvalue weighted by Crippen LogP contribution is -2.17. The van der Waals surface area contributed by atoms with Crippen LogP contribution in [0.1, 0.15) is 25.8 Å². The zero-order valence-corrected chi connectivity index (χ0v) is 16.3. The van der Waals surface area contributed by atoms with Gasteiger partial charge in [-0.2, -0.15) is 0 Å². The molecule has 140 valence electrons. The van der Waals surface area contributed by atoms with Crippen LogP contribution in [0.5, 0.6) is 0 Å². The van der Waals surface area contributed by atoms with Gasteiger partial charge in [0.2, 0.25) is 5.91 Å². The molecule has 1 aromatic carbocycles. The Hall–Kier alpha value is -2.59. The number of anilines is 1. The molecule has 0 aliphatic carbocycles. The van der Waals surface area contributed by atoms with Gasteiger partial charge < -0.3 is 15.5 Å². The summed E-state index contributed by atoms with van der Waals surface area (Å²) in [6.45, 7) is 8.53. The molecule has 2 N–H and O–H groups in total. The second-order valence-corrected chi connectivity index (χ2v) is 6.50. The molecule has 0 aliphatic rings. The van der Waals surface area contributed by atoms with Gasteiger partial charge in [0.25, 0.3) is 0 Å². The molecule has 1 unspecified atom stereocenters. The summed E-state index contributed by atoms with van der Waals surface area (Å²) in [5.74, 6) is 0.0809. The summed E-state index contributed by atoms with van der Waals surface area (Å²) in [7, 11) is 4.05. The molecule has 0 spiro atoms. The molecule has 4 nitrogen and oxygen atoms in total. The smallest absolute Gasteiger partial charge is 0.224 e. The molecular weight excluding hydrogens is 322 g/mol. The lowest BCUT2D eigenvalue weighted by Gasteiger charge is -2.14. The van der Waals surface area contributed by atoms with Crippen molar-refractivity contribution in [3.63, 3.8) is 0 Å². The molecule has 4 heteroatoms. The third-order valence-corrected chi connectivity index (χ3v) is 3.71. The van der Waals surface area contributed by atoms with Crippen LogP contribution in [0.4, 0.5) is 5.69 Å². The van der Waals surface area contributed by atoms with Crippen LogP contribution < -0.4 is 10.6 Å². The number of amides is 1. The van der Waals surface area contributed by atoms with E-state index in [4.69, 9.17) is 0 Å². The van der Waals surface area contributed by atoms with E-state index in [2.05, 4.69) is 28.2 Å². The number of allylic oxidation sites excluding steroid dienone is 5. The summed E-state index contributed by atoms with van der Waals surface area (Å²) in [6.07, 6.45) is 11.7. The van der Waals surface area contributed by atoms with E-state index in [1.54, 1.807) is 6.08 Å². The van der Waals surface area contributed by atoms with Crippen molar-refractivity contribution in [2.24, 2.45) is 5.92 Å². The Kier molecular flexibility index (Phi) is 9.80. The third-order valence-electron chi connectivity index (χ3n) is 3.71. The Morgan fingerprint density at radius 2 is 2.12 bits per heavy atom. The lowest BCUT2D eigenvalue weighted by atomic mass is 9.97. The maximum atomic E-state index is 12.4. The summed E-state index contributed by atoms with van der Waals surface area (Å²) >= 11 is 0. The van der Waals surface area contributed by atoms with Gasteiger partial charge in [-0.05, 0) is 56.4 Å². The first-order chi connectivity index (χ1) is 12.5. The van der Waals surface area contributed by atoms with Gasteiger partial charge in [-0.1, -0.05) is 49.9 Å². The fourth-order valence-corrected chi connectivity index (χ4v) is 2.49. The number of nitrogens with one attached hydrogen (secondary N) is 2. The number of benzene rings is 1. The number of nitrogens with zero attached hydrogens (tertiary/aromatic N) is 1. The Bertz CT molecular complexity index is 672. The number of hydrogen-bond donors (Lipinski definition) is 2. The van der Waals surface area contributed by atoms with Crippen LogP contribution in [0.25, 0.3) is 0 Å². The fraction of sp³-hybridized carbons (Fsp3) is 0.318. The van der Waals surface area contributed by atoms with E-state index in [1.807, 2.05) is 76.8 Å². The van der Waals surface area contributed by atoms with Crippen LogP contribution in [-0.2, 0) is 11.3 Å². The first-order valence-electron chi connectivity index (χ1n) is 8.86. The normalized spacial score (nSPS) is 13.3. The Balaban J connectivity index is 2.73. The van der Waals surface area contributed by atoms with E-state index < -0.39 is 0 Å². The number of carbonyl (C=O) groups excluding carboxylic acids is 1. The Morgan fingerprint density at radius 1 is 1.35 bits per heavy atom. The van der Waals surface area contributed by atoms with Crippen molar-refractivity contribution in [3.05, 3.63) is 78.7 Å². The van der Waals surface area contributed by atoms with Crippen LogP contribution in [0.2, 0.25) is 0 Å². The van der Waals surface area contributed by atoms with Crippen LogP contribution in [-0.4, -0.2) is 24.9 Å². The van der Waals surface area contributed by atoms with E-state index in [1.165, 1.54) is 5.56 Å². The highest BCUT2D eigenvalue weighted by Gasteiger charge is 2.12. The van der Waals surface area contributed by atoms with E-state index in [0.29, 0.717) is 6.42 Å². The maximum Gasteiger partial charge on any atom is 0.224 e. The second kappa shape index (κ2) is 11.9. The highest BCUT2D eigenvalue weighted by molar-refractivity contribution is 5.91. The molecule has 1 atom stereocenters. The summed E-state index contributed by atoms with van der Waals surface area (Å²) in [6, 6.07) is 7.97. The first kappa shape index (κ1) is 21.5. The Labute approximate surface area is 158 Å². The number of carbonyl (C=O) groups is 1. The van der Waals surface area contributed by atoms with Crippen molar-refractivity contribution >= 4 is 11.6 Å². The predicted octanol–water partition coefficient (Wildman–Crippen LogP) is 4.46. The van der Waals surface area contributed by atoms with Gasteiger partial charge in [0.05, 0.1) is 0 Å². The summed E-state index contributed by atoms with van der Waals surface area (Å²) in [5, 5.41) is 6.11. The van der Waals surface area contributed by atoms with Crippen molar-refractivity contribution in [3.8, 4) is 0 Å². The van der Waals surface area contributed by atoms with Gasteiger partial charge in [-0.25, -0.2) is 0 Å². The van der Waals surface area contributed by atoms with Crippen molar-refractivity contribution in [2.45, 2.75) is 26.8 Å². The van der Waals surface area contributed by atoms with Crippen molar-refractivity contribution in [1.82, 2.24) is 10.2 Å². The van der Waals surface area contributed by atoms with Gasteiger partial charge in [0.1, 0.15) is 0 Å². The van der Waals surface area contributed by atoms with E-state index in [9.17, 15) is 4.79 Å². The van der Waals surface area contributed by atoms with E-state index in [0.717, 1.165) is 17.8 Å². The van der Waals surface area contributed by atoms with Gasteiger partial charge in [-0.15, -0.1) is 0 Å². The summed E-state index contributed by atoms with van der Waals surface area (Å²) in [5.41, 5.74) is 3.05. The van der Waals surface area contributed by atoms with Crippen molar-refractivity contribution < 1.29 is 4.79 Å². The van der Waals surface area contributed by atoms with Crippen molar-refractivity contribution in [1.29, 1.82) is 0 Å². The van der Waals surface area contributed by atoms with E-state index in [-0.39, 0.29) is 11.8 Å². The molecule has 0 aromatic heterocycles. The minimum absolute atomic E-state index is 0.00318. The minimum Gasteiger partial charge on any atom is -0.368 e. The zero-order valence-electron chi connectivity index (χ0n) is 16.3. The zero-order chi connectivity index (χ0) is 19.4.